The van der Waals surface area contributed by atoms with Crippen molar-refractivity contribution in [3.8, 4) is 0 Å². The van der Waals surface area contributed by atoms with E-state index in [0.29, 0.717) is 13.1 Å². The molecule has 0 unspecified atom stereocenters. The van der Waals surface area contributed by atoms with Gasteiger partial charge in [0, 0.05) is 39.1 Å². The number of hydrogen-bond donors (Lipinski definition) is 0. The first-order valence-electron chi connectivity index (χ1n) is 8.93. The van der Waals surface area contributed by atoms with Crippen LogP contribution in [0.1, 0.15) is 23.4 Å². The van der Waals surface area contributed by atoms with E-state index in [1.54, 1.807) is 16.6 Å². The van der Waals surface area contributed by atoms with Gasteiger partial charge in [-0.3, -0.25) is 14.3 Å². The number of nitrogens with zero attached hydrogens (tertiary/aromatic N) is 4. The lowest BCUT2D eigenvalue weighted by Gasteiger charge is -2.18. The molecule has 27 heavy (non-hydrogen) atoms. The summed E-state index contributed by atoms with van der Waals surface area (Å²) in [4.78, 5) is 27.6. The van der Waals surface area contributed by atoms with Crippen LogP contribution in [0.2, 0.25) is 0 Å². The molecule has 1 amide bonds. The Kier molecular flexibility index (Phi) is 6.98. The van der Waals surface area contributed by atoms with Crippen LogP contribution in [0.5, 0.6) is 0 Å². The maximum Gasteiger partial charge on any atom is 0.308 e. The van der Waals surface area contributed by atoms with E-state index in [2.05, 4.69) is 5.10 Å². The molecule has 146 valence electrons. The summed E-state index contributed by atoms with van der Waals surface area (Å²) in [6, 6.07) is 9.94. The van der Waals surface area contributed by atoms with Gasteiger partial charge in [0.15, 0.2) is 6.61 Å². The highest BCUT2D eigenvalue weighted by atomic mass is 16.5. The molecule has 0 fully saturated rings. The predicted octanol–water partition coefficient (Wildman–Crippen LogP) is 2.16. The molecule has 0 atom stereocenters. The third-order valence-corrected chi connectivity index (χ3v) is 4.29. The molecule has 0 aliphatic heterocycles. The second kappa shape index (κ2) is 9.21. The lowest BCUT2D eigenvalue weighted by Crippen LogP contribution is -2.31. The number of amides is 1. The van der Waals surface area contributed by atoms with E-state index >= 15 is 0 Å². The normalized spacial score (nSPS) is 10.6. The number of hydrogen-bond acceptors (Lipinski definition) is 5. The Morgan fingerprint density at radius 3 is 2.33 bits per heavy atom. The summed E-state index contributed by atoms with van der Waals surface area (Å²) >= 11 is 0. The highest BCUT2D eigenvalue weighted by Gasteiger charge is 2.13. The molecular formula is C20H28N4O3. The average molecular weight is 372 g/mol. The number of carbonyl (C=O) groups is 2. The molecule has 0 aliphatic rings. The van der Waals surface area contributed by atoms with Crippen LogP contribution in [-0.2, 0) is 27.4 Å². The fraction of sp³-hybridized carbons (Fsp3) is 0.450. The minimum absolute atomic E-state index is 0.185. The molecule has 2 rings (SSSR count). The van der Waals surface area contributed by atoms with Crippen molar-refractivity contribution in [2.75, 3.05) is 32.6 Å². The van der Waals surface area contributed by atoms with Crippen molar-refractivity contribution in [1.82, 2.24) is 14.7 Å². The van der Waals surface area contributed by atoms with Gasteiger partial charge >= 0.3 is 5.97 Å². The zero-order valence-corrected chi connectivity index (χ0v) is 16.7. The molecule has 0 aliphatic carbocycles. The van der Waals surface area contributed by atoms with Crippen LogP contribution in [0, 0.1) is 13.8 Å². The Morgan fingerprint density at radius 2 is 1.78 bits per heavy atom. The molecule has 0 saturated heterocycles. The summed E-state index contributed by atoms with van der Waals surface area (Å²) in [5.41, 5.74) is 4.03. The molecule has 2 aromatic rings. The van der Waals surface area contributed by atoms with Crippen molar-refractivity contribution in [1.29, 1.82) is 0 Å². The van der Waals surface area contributed by atoms with Gasteiger partial charge in [-0.15, -0.1) is 0 Å². The van der Waals surface area contributed by atoms with E-state index in [1.165, 1.54) is 0 Å². The number of likely N-dealkylation sites (N-methyl/N-ethyl adjacent to an activating group) is 1. The van der Waals surface area contributed by atoms with Gasteiger partial charge in [-0.05, 0) is 37.6 Å². The molecule has 1 heterocycles. The van der Waals surface area contributed by atoms with Gasteiger partial charge in [-0.2, -0.15) is 5.10 Å². The summed E-state index contributed by atoms with van der Waals surface area (Å²) in [7, 11) is 5.66. The average Bonchev–Trinajstić information content (AvgIpc) is 2.95. The van der Waals surface area contributed by atoms with Gasteiger partial charge in [0.25, 0.3) is 5.91 Å². The third kappa shape index (κ3) is 6.13. The summed E-state index contributed by atoms with van der Waals surface area (Å²) < 4.78 is 6.87. The molecule has 0 N–H and O–H groups in total. The smallest absolute Gasteiger partial charge is 0.308 e. The van der Waals surface area contributed by atoms with E-state index < -0.39 is 5.97 Å². The molecule has 7 nitrogen and oxygen atoms in total. The highest BCUT2D eigenvalue weighted by Crippen LogP contribution is 2.13. The van der Waals surface area contributed by atoms with Crippen molar-refractivity contribution >= 4 is 17.6 Å². The van der Waals surface area contributed by atoms with Crippen molar-refractivity contribution in [3.05, 3.63) is 47.3 Å². The number of benzene rings is 1. The summed E-state index contributed by atoms with van der Waals surface area (Å²) in [5.74, 6) is -0.634. The molecule has 0 saturated carbocycles. The molecule has 1 aromatic carbocycles. The van der Waals surface area contributed by atoms with Gasteiger partial charge in [0.05, 0.1) is 18.7 Å². The Hall–Kier alpha value is -2.83. The van der Waals surface area contributed by atoms with Crippen LogP contribution in [0.3, 0.4) is 0 Å². The standard InChI is InChI=1S/C20H28N4O3/c1-15-12-16(2)24(21-15)11-10-20(26)27-14-19(25)23(5)13-17-6-8-18(9-7-17)22(3)4/h6-9,12H,10-11,13-14H2,1-5H3. The second-order valence-corrected chi connectivity index (χ2v) is 6.87. The van der Waals surface area contributed by atoms with Gasteiger partial charge in [-0.25, -0.2) is 0 Å². The van der Waals surface area contributed by atoms with Crippen LogP contribution < -0.4 is 4.90 Å². The van der Waals surface area contributed by atoms with Crippen molar-refractivity contribution in [2.24, 2.45) is 0 Å². The molecule has 0 radical (unpaired) electrons. The first kappa shape index (κ1) is 20.5. The van der Waals surface area contributed by atoms with E-state index in [0.717, 1.165) is 22.6 Å². The molecular weight excluding hydrogens is 344 g/mol. The van der Waals surface area contributed by atoms with Gasteiger partial charge in [0.1, 0.15) is 0 Å². The number of carbonyl (C=O) groups excluding carboxylic acids is 2. The van der Waals surface area contributed by atoms with E-state index in [-0.39, 0.29) is 18.9 Å². The number of rotatable bonds is 8. The van der Waals surface area contributed by atoms with Crippen LogP contribution in [-0.4, -0.2) is 54.3 Å². The van der Waals surface area contributed by atoms with Crippen LogP contribution in [0.15, 0.2) is 30.3 Å². The Morgan fingerprint density at radius 1 is 1.11 bits per heavy atom. The molecule has 0 spiro atoms. The Balaban J connectivity index is 1.75. The quantitative estimate of drug-likeness (QED) is 0.664. The first-order chi connectivity index (χ1) is 12.8. The fourth-order valence-corrected chi connectivity index (χ4v) is 2.68. The van der Waals surface area contributed by atoms with Crippen LogP contribution >= 0.6 is 0 Å². The van der Waals surface area contributed by atoms with Crippen molar-refractivity contribution in [2.45, 2.75) is 33.4 Å². The van der Waals surface area contributed by atoms with Gasteiger partial charge in [-0.1, -0.05) is 12.1 Å². The van der Waals surface area contributed by atoms with E-state index in [4.69, 9.17) is 4.74 Å². The van der Waals surface area contributed by atoms with Crippen molar-refractivity contribution in [3.63, 3.8) is 0 Å². The zero-order valence-electron chi connectivity index (χ0n) is 16.7. The summed E-state index contributed by atoms with van der Waals surface area (Å²) in [5, 5.41) is 4.30. The number of esters is 1. The van der Waals surface area contributed by atoms with E-state index in [9.17, 15) is 9.59 Å². The predicted molar refractivity (Wildman–Crippen MR) is 105 cm³/mol. The second-order valence-electron chi connectivity index (χ2n) is 6.87. The third-order valence-electron chi connectivity index (χ3n) is 4.29. The lowest BCUT2D eigenvalue weighted by molar-refractivity contribution is -0.151. The van der Waals surface area contributed by atoms with Gasteiger partial charge in [0.2, 0.25) is 0 Å². The Labute approximate surface area is 160 Å². The SMILES string of the molecule is Cc1cc(C)n(CCC(=O)OCC(=O)N(C)Cc2ccc(N(C)C)cc2)n1. The van der Waals surface area contributed by atoms with Crippen LogP contribution in [0.4, 0.5) is 5.69 Å². The highest BCUT2D eigenvalue weighted by molar-refractivity contribution is 5.80. The maximum atomic E-state index is 12.2. The number of aryl methyl sites for hydroxylation is 3. The molecule has 1 aromatic heterocycles. The Bertz CT molecular complexity index is 781. The molecule has 0 bridgehead atoms. The van der Waals surface area contributed by atoms with E-state index in [1.807, 2.05) is 63.2 Å². The lowest BCUT2D eigenvalue weighted by atomic mass is 10.2. The van der Waals surface area contributed by atoms with Crippen molar-refractivity contribution < 1.29 is 14.3 Å². The first-order valence-corrected chi connectivity index (χ1v) is 8.93. The topological polar surface area (TPSA) is 67.7 Å². The maximum absolute atomic E-state index is 12.2. The number of anilines is 1. The zero-order chi connectivity index (χ0) is 20.0. The summed E-state index contributed by atoms with van der Waals surface area (Å²) in [6.07, 6.45) is 0.185. The largest absolute Gasteiger partial charge is 0.456 e. The van der Waals surface area contributed by atoms with Gasteiger partial charge < -0.3 is 14.5 Å². The fourth-order valence-electron chi connectivity index (χ4n) is 2.68. The number of aromatic nitrogens is 2. The molecule has 7 heteroatoms. The monoisotopic (exact) mass is 372 g/mol. The van der Waals surface area contributed by atoms with Crippen LogP contribution in [0.25, 0.3) is 0 Å². The summed E-state index contributed by atoms with van der Waals surface area (Å²) in [6.45, 7) is 4.51. The minimum Gasteiger partial charge on any atom is -0.456 e. The number of ether oxygens (including phenoxy) is 1. The minimum atomic E-state index is -0.403.